The molecule has 0 amide bonds. The SMILES string of the molecule is N#Cc1cc2sccc2nc1N. The number of thiophene rings is 1. The van der Waals surface area contributed by atoms with Crippen molar-refractivity contribution in [1.82, 2.24) is 4.98 Å². The Labute approximate surface area is 73.1 Å². The summed E-state index contributed by atoms with van der Waals surface area (Å²) in [5, 5.41) is 10.6. The smallest absolute Gasteiger partial charge is 0.142 e. The third kappa shape index (κ3) is 0.917. The highest BCUT2D eigenvalue weighted by molar-refractivity contribution is 7.17. The van der Waals surface area contributed by atoms with Crippen LogP contribution in [0.25, 0.3) is 10.2 Å². The minimum atomic E-state index is 0.309. The molecule has 2 rings (SSSR count). The maximum absolute atomic E-state index is 8.65. The lowest BCUT2D eigenvalue weighted by Crippen LogP contribution is -1.93. The van der Waals surface area contributed by atoms with Crippen LogP contribution in [0.4, 0.5) is 5.82 Å². The monoisotopic (exact) mass is 175 g/mol. The van der Waals surface area contributed by atoms with Gasteiger partial charge in [-0.15, -0.1) is 11.3 Å². The minimum absolute atomic E-state index is 0.309. The Balaban J connectivity index is 2.84. The zero-order valence-electron chi connectivity index (χ0n) is 6.11. The van der Waals surface area contributed by atoms with Crippen LogP contribution in [0.3, 0.4) is 0 Å². The summed E-state index contributed by atoms with van der Waals surface area (Å²) in [5.74, 6) is 0.309. The first-order valence-corrected chi connectivity index (χ1v) is 4.23. The fourth-order valence-electron chi connectivity index (χ4n) is 0.999. The zero-order chi connectivity index (χ0) is 8.55. The average Bonchev–Trinajstić information content (AvgIpc) is 2.49. The number of nitriles is 1. The van der Waals surface area contributed by atoms with E-state index in [0.717, 1.165) is 10.2 Å². The number of nitrogens with zero attached hydrogens (tertiary/aromatic N) is 2. The molecule has 0 aliphatic heterocycles. The number of nitrogens with two attached hydrogens (primary N) is 1. The molecule has 0 unspecified atom stereocenters. The van der Waals surface area contributed by atoms with Crippen LogP contribution < -0.4 is 5.73 Å². The molecule has 0 aliphatic carbocycles. The number of aromatic nitrogens is 1. The van der Waals surface area contributed by atoms with Gasteiger partial charge in [-0.2, -0.15) is 5.26 Å². The van der Waals surface area contributed by atoms with Gasteiger partial charge in [-0.05, 0) is 17.5 Å². The molecule has 0 aliphatic rings. The Kier molecular flexibility index (Phi) is 1.45. The van der Waals surface area contributed by atoms with E-state index in [4.69, 9.17) is 11.0 Å². The lowest BCUT2D eigenvalue weighted by atomic mass is 10.2. The van der Waals surface area contributed by atoms with E-state index in [-0.39, 0.29) is 0 Å². The lowest BCUT2D eigenvalue weighted by Gasteiger charge is -1.94. The molecule has 0 saturated heterocycles. The highest BCUT2D eigenvalue weighted by Crippen LogP contribution is 2.22. The van der Waals surface area contributed by atoms with Crippen molar-refractivity contribution in [3.05, 3.63) is 23.1 Å². The first-order chi connectivity index (χ1) is 5.81. The van der Waals surface area contributed by atoms with Crippen molar-refractivity contribution in [2.45, 2.75) is 0 Å². The third-order valence-corrected chi connectivity index (χ3v) is 2.44. The summed E-state index contributed by atoms with van der Waals surface area (Å²) in [6.07, 6.45) is 0. The van der Waals surface area contributed by atoms with Gasteiger partial charge in [-0.1, -0.05) is 0 Å². The number of anilines is 1. The van der Waals surface area contributed by atoms with Crippen molar-refractivity contribution in [3.8, 4) is 6.07 Å². The number of fused-ring (bicyclic) bond motifs is 1. The van der Waals surface area contributed by atoms with E-state index in [2.05, 4.69) is 4.98 Å². The van der Waals surface area contributed by atoms with Crippen LogP contribution in [0, 0.1) is 11.3 Å². The highest BCUT2D eigenvalue weighted by atomic mass is 32.1. The second-order valence-electron chi connectivity index (χ2n) is 2.34. The standard InChI is InChI=1S/C8H5N3S/c9-4-5-3-7-6(1-2-12-7)11-8(5)10/h1-3H,(H2,10,11). The molecule has 12 heavy (non-hydrogen) atoms. The number of nitrogen functional groups attached to an aromatic ring is 1. The van der Waals surface area contributed by atoms with Crippen molar-refractivity contribution in [3.63, 3.8) is 0 Å². The Hall–Kier alpha value is -1.60. The summed E-state index contributed by atoms with van der Waals surface area (Å²) in [6.45, 7) is 0. The molecule has 4 heteroatoms. The van der Waals surface area contributed by atoms with Crippen LogP contribution >= 0.6 is 11.3 Å². The normalized spacial score (nSPS) is 9.92. The van der Waals surface area contributed by atoms with Gasteiger partial charge in [-0.25, -0.2) is 4.98 Å². The van der Waals surface area contributed by atoms with Crippen LogP contribution in [0.5, 0.6) is 0 Å². The van der Waals surface area contributed by atoms with Gasteiger partial charge in [0, 0.05) is 0 Å². The van der Waals surface area contributed by atoms with Gasteiger partial charge in [-0.3, -0.25) is 0 Å². The minimum Gasteiger partial charge on any atom is -0.383 e. The first-order valence-electron chi connectivity index (χ1n) is 3.35. The van der Waals surface area contributed by atoms with Gasteiger partial charge in [0.05, 0.1) is 15.8 Å². The van der Waals surface area contributed by atoms with Gasteiger partial charge < -0.3 is 5.73 Å². The quantitative estimate of drug-likeness (QED) is 0.663. The molecular weight excluding hydrogens is 170 g/mol. The summed E-state index contributed by atoms with van der Waals surface area (Å²) in [5.41, 5.74) is 6.83. The second kappa shape index (κ2) is 2.47. The van der Waals surface area contributed by atoms with E-state index in [1.807, 2.05) is 17.5 Å². The number of hydrogen-bond donors (Lipinski definition) is 1. The molecule has 0 spiro atoms. The Morgan fingerprint density at radius 3 is 3.17 bits per heavy atom. The van der Waals surface area contributed by atoms with E-state index in [9.17, 15) is 0 Å². The Morgan fingerprint density at radius 2 is 2.42 bits per heavy atom. The number of hydrogen-bond acceptors (Lipinski definition) is 4. The fraction of sp³-hybridized carbons (Fsp3) is 0. The molecule has 0 atom stereocenters. The van der Waals surface area contributed by atoms with Crippen LogP contribution in [-0.4, -0.2) is 4.98 Å². The van der Waals surface area contributed by atoms with Crippen LogP contribution in [0.2, 0.25) is 0 Å². The lowest BCUT2D eigenvalue weighted by molar-refractivity contribution is 1.39. The van der Waals surface area contributed by atoms with E-state index in [0.29, 0.717) is 11.4 Å². The maximum Gasteiger partial charge on any atom is 0.142 e. The van der Waals surface area contributed by atoms with Gasteiger partial charge >= 0.3 is 0 Å². The van der Waals surface area contributed by atoms with Gasteiger partial charge in [0.25, 0.3) is 0 Å². The summed E-state index contributed by atoms with van der Waals surface area (Å²) >= 11 is 1.56. The summed E-state index contributed by atoms with van der Waals surface area (Å²) < 4.78 is 1.00. The fourth-order valence-corrected chi connectivity index (χ4v) is 1.76. The predicted octanol–water partition coefficient (Wildman–Crippen LogP) is 1.75. The molecule has 2 heterocycles. The summed E-state index contributed by atoms with van der Waals surface area (Å²) in [7, 11) is 0. The van der Waals surface area contributed by atoms with E-state index in [1.54, 1.807) is 17.4 Å². The van der Waals surface area contributed by atoms with Crippen molar-refractivity contribution in [2.24, 2.45) is 0 Å². The molecule has 2 aromatic heterocycles. The van der Waals surface area contributed by atoms with Crippen LogP contribution in [0.1, 0.15) is 5.56 Å². The Bertz CT molecular complexity index is 467. The first kappa shape index (κ1) is 7.07. The zero-order valence-corrected chi connectivity index (χ0v) is 6.93. The van der Waals surface area contributed by atoms with Crippen molar-refractivity contribution >= 4 is 27.4 Å². The van der Waals surface area contributed by atoms with E-state index >= 15 is 0 Å². The van der Waals surface area contributed by atoms with Crippen molar-refractivity contribution < 1.29 is 0 Å². The average molecular weight is 175 g/mol. The third-order valence-electron chi connectivity index (χ3n) is 1.59. The highest BCUT2D eigenvalue weighted by Gasteiger charge is 2.02. The second-order valence-corrected chi connectivity index (χ2v) is 3.28. The molecule has 0 saturated carbocycles. The molecule has 2 aromatic rings. The van der Waals surface area contributed by atoms with Crippen molar-refractivity contribution in [2.75, 3.05) is 5.73 Å². The van der Waals surface area contributed by atoms with Crippen LogP contribution in [0.15, 0.2) is 17.5 Å². The molecule has 58 valence electrons. The molecule has 0 aromatic carbocycles. The topological polar surface area (TPSA) is 62.7 Å². The maximum atomic E-state index is 8.65. The Morgan fingerprint density at radius 1 is 1.58 bits per heavy atom. The van der Waals surface area contributed by atoms with Gasteiger partial charge in [0.15, 0.2) is 0 Å². The molecule has 0 radical (unpaired) electrons. The predicted molar refractivity (Wildman–Crippen MR) is 48.7 cm³/mol. The molecular formula is C8H5N3S. The largest absolute Gasteiger partial charge is 0.383 e. The molecule has 0 fully saturated rings. The van der Waals surface area contributed by atoms with E-state index < -0.39 is 0 Å². The molecule has 0 bridgehead atoms. The van der Waals surface area contributed by atoms with Crippen LogP contribution in [-0.2, 0) is 0 Å². The van der Waals surface area contributed by atoms with Crippen molar-refractivity contribution in [1.29, 1.82) is 5.26 Å². The van der Waals surface area contributed by atoms with E-state index in [1.165, 1.54) is 0 Å². The molecule has 2 N–H and O–H groups in total. The summed E-state index contributed by atoms with van der Waals surface area (Å²) in [6, 6.07) is 5.65. The van der Waals surface area contributed by atoms with Gasteiger partial charge in [0.1, 0.15) is 11.9 Å². The number of rotatable bonds is 0. The molecule has 3 nitrogen and oxygen atoms in total. The number of pyridine rings is 1. The summed E-state index contributed by atoms with van der Waals surface area (Å²) in [4.78, 5) is 4.07. The van der Waals surface area contributed by atoms with Gasteiger partial charge in [0.2, 0.25) is 0 Å².